The van der Waals surface area contributed by atoms with Crippen LogP contribution in [-0.2, 0) is 0 Å². The molecule has 0 spiro atoms. The largest absolute Gasteiger partial charge is 0.478 e. The van der Waals surface area contributed by atoms with E-state index in [1.165, 1.54) is 11.3 Å². The Morgan fingerprint density at radius 3 is 2.52 bits per heavy atom. The smallest absolute Gasteiger partial charge is 0.338 e. The lowest BCUT2D eigenvalue weighted by molar-refractivity contribution is 0.0697. The van der Waals surface area contributed by atoms with Gasteiger partial charge in [0.1, 0.15) is 5.00 Å². The molecule has 4 N–H and O–H groups in total. The number of carboxylic acids is 1. The van der Waals surface area contributed by atoms with E-state index in [-0.39, 0.29) is 11.6 Å². The number of thiophene rings is 1. The van der Waals surface area contributed by atoms with Gasteiger partial charge >= 0.3 is 12.0 Å². The highest BCUT2D eigenvalue weighted by Gasteiger charge is 2.26. The molecule has 1 fully saturated rings. The molecular formula is C14H20N2O4S. The van der Waals surface area contributed by atoms with Crippen LogP contribution in [0.5, 0.6) is 0 Å². The monoisotopic (exact) mass is 312 g/mol. The molecule has 2 amide bonds. The standard InChI is InChI=1S/C14H20N2O4S/c1-7-8(2)21-12(11(7)13(18)19)16-14(20)15-9-5-3-4-6-10(9)17/h9-10,17H,3-6H2,1-2H3,(H,18,19)(H2,15,16,20)/t9-,10-/m0/s1. The van der Waals surface area contributed by atoms with Crippen LogP contribution in [0.1, 0.15) is 46.5 Å². The molecule has 2 rings (SSSR count). The molecule has 0 aliphatic heterocycles. The lowest BCUT2D eigenvalue weighted by Crippen LogP contribution is -2.46. The van der Waals surface area contributed by atoms with Crippen LogP contribution < -0.4 is 10.6 Å². The summed E-state index contributed by atoms with van der Waals surface area (Å²) < 4.78 is 0. The molecule has 0 radical (unpaired) electrons. The molecule has 116 valence electrons. The van der Waals surface area contributed by atoms with E-state index in [0.29, 0.717) is 17.0 Å². The second-order valence-corrected chi connectivity index (χ2v) is 6.57. The predicted molar refractivity (Wildman–Crippen MR) is 81.2 cm³/mol. The molecule has 1 aliphatic carbocycles. The Morgan fingerprint density at radius 1 is 1.24 bits per heavy atom. The van der Waals surface area contributed by atoms with Crippen molar-refractivity contribution < 1.29 is 19.8 Å². The first-order valence-electron chi connectivity index (χ1n) is 6.99. The number of anilines is 1. The maximum absolute atomic E-state index is 12.0. The van der Waals surface area contributed by atoms with Gasteiger partial charge in [-0.3, -0.25) is 5.32 Å². The van der Waals surface area contributed by atoms with E-state index in [1.807, 2.05) is 6.92 Å². The maximum atomic E-state index is 12.0. The number of urea groups is 1. The van der Waals surface area contributed by atoms with Gasteiger partial charge in [0.15, 0.2) is 0 Å². The van der Waals surface area contributed by atoms with E-state index in [2.05, 4.69) is 10.6 Å². The normalized spacial score (nSPS) is 21.9. The molecule has 0 aromatic carbocycles. The average Bonchev–Trinajstić information content (AvgIpc) is 2.67. The number of carbonyl (C=O) groups excluding carboxylic acids is 1. The molecular weight excluding hydrogens is 292 g/mol. The third kappa shape index (κ3) is 3.54. The summed E-state index contributed by atoms with van der Waals surface area (Å²) in [5.41, 5.74) is 0.803. The summed E-state index contributed by atoms with van der Waals surface area (Å²) >= 11 is 1.25. The summed E-state index contributed by atoms with van der Waals surface area (Å²) in [6.45, 7) is 3.55. The van der Waals surface area contributed by atoms with Gasteiger partial charge in [-0.05, 0) is 32.3 Å². The van der Waals surface area contributed by atoms with Crippen molar-refractivity contribution in [3.8, 4) is 0 Å². The summed E-state index contributed by atoms with van der Waals surface area (Å²) in [5, 5.41) is 24.7. The third-order valence-corrected chi connectivity index (χ3v) is 4.99. The third-order valence-electron chi connectivity index (χ3n) is 3.87. The number of hydrogen-bond donors (Lipinski definition) is 4. The SMILES string of the molecule is Cc1sc(NC(=O)N[C@H]2CCCC[C@@H]2O)c(C(=O)O)c1C. The van der Waals surface area contributed by atoms with Gasteiger partial charge in [0.05, 0.1) is 17.7 Å². The lowest BCUT2D eigenvalue weighted by atomic mass is 9.93. The molecule has 1 saturated carbocycles. The average molecular weight is 312 g/mol. The van der Waals surface area contributed by atoms with Crippen LogP contribution in [-0.4, -0.2) is 34.4 Å². The van der Waals surface area contributed by atoms with Crippen molar-refractivity contribution in [1.82, 2.24) is 5.32 Å². The van der Waals surface area contributed by atoms with Gasteiger partial charge in [0.2, 0.25) is 0 Å². The van der Waals surface area contributed by atoms with Gasteiger partial charge in [-0.1, -0.05) is 12.8 Å². The first kappa shape index (κ1) is 15.8. The number of carboxylic acid groups (broad SMARTS) is 1. The van der Waals surface area contributed by atoms with E-state index in [9.17, 15) is 19.8 Å². The molecule has 1 heterocycles. The Hall–Kier alpha value is -1.60. The van der Waals surface area contributed by atoms with Crippen molar-refractivity contribution in [2.75, 3.05) is 5.32 Å². The number of aryl methyl sites for hydroxylation is 1. The molecule has 1 aromatic heterocycles. The van der Waals surface area contributed by atoms with E-state index >= 15 is 0 Å². The summed E-state index contributed by atoms with van der Waals surface area (Å²) in [7, 11) is 0. The van der Waals surface area contributed by atoms with Crippen LogP contribution in [0.15, 0.2) is 0 Å². The quantitative estimate of drug-likeness (QED) is 0.689. The van der Waals surface area contributed by atoms with Crippen LogP contribution in [0.2, 0.25) is 0 Å². The van der Waals surface area contributed by atoms with E-state index in [0.717, 1.165) is 24.1 Å². The number of nitrogens with one attached hydrogen (secondary N) is 2. The summed E-state index contributed by atoms with van der Waals surface area (Å²) in [6, 6.07) is -0.737. The number of amides is 2. The Balaban J connectivity index is 2.06. The number of rotatable bonds is 3. The number of aliphatic hydroxyl groups is 1. The van der Waals surface area contributed by atoms with Crippen molar-refractivity contribution in [3.05, 3.63) is 16.0 Å². The zero-order chi connectivity index (χ0) is 15.6. The molecule has 0 bridgehead atoms. The van der Waals surface area contributed by atoms with E-state index < -0.39 is 18.1 Å². The topological polar surface area (TPSA) is 98.7 Å². The fourth-order valence-electron chi connectivity index (χ4n) is 2.56. The summed E-state index contributed by atoms with van der Waals surface area (Å²) in [4.78, 5) is 24.1. The van der Waals surface area contributed by atoms with Gasteiger partial charge < -0.3 is 15.5 Å². The molecule has 1 aliphatic rings. The lowest BCUT2D eigenvalue weighted by Gasteiger charge is -2.28. The van der Waals surface area contributed by atoms with Gasteiger partial charge in [-0.2, -0.15) is 0 Å². The number of carbonyl (C=O) groups is 2. The maximum Gasteiger partial charge on any atom is 0.338 e. The zero-order valence-corrected chi connectivity index (χ0v) is 12.9. The van der Waals surface area contributed by atoms with E-state index in [4.69, 9.17) is 0 Å². The molecule has 2 atom stereocenters. The van der Waals surface area contributed by atoms with Gasteiger partial charge in [0, 0.05) is 4.88 Å². The van der Waals surface area contributed by atoms with Crippen molar-refractivity contribution in [2.45, 2.75) is 51.7 Å². The first-order valence-corrected chi connectivity index (χ1v) is 7.80. The number of aliphatic hydroxyl groups excluding tert-OH is 1. The van der Waals surface area contributed by atoms with E-state index in [1.54, 1.807) is 6.92 Å². The minimum atomic E-state index is -1.05. The molecule has 7 heteroatoms. The fraction of sp³-hybridized carbons (Fsp3) is 0.571. The molecule has 0 unspecified atom stereocenters. The number of hydrogen-bond acceptors (Lipinski definition) is 4. The van der Waals surface area contributed by atoms with Gasteiger partial charge in [0.25, 0.3) is 0 Å². The summed E-state index contributed by atoms with van der Waals surface area (Å²) in [5.74, 6) is -1.05. The van der Waals surface area contributed by atoms with Crippen LogP contribution in [0.4, 0.5) is 9.80 Å². The van der Waals surface area contributed by atoms with Crippen molar-refractivity contribution >= 4 is 28.3 Å². The second kappa shape index (κ2) is 6.44. The Labute approximate surface area is 127 Å². The van der Waals surface area contributed by atoms with Crippen LogP contribution in [0.25, 0.3) is 0 Å². The Morgan fingerprint density at radius 2 is 1.90 bits per heavy atom. The van der Waals surface area contributed by atoms with Crippen molar-refractivity contribution in [1.29, 1.82) is 0 Å². The zero-order valence-electron chi connectivity index (χ0n) is 12.1. The summed E-state index contributed by atoms with van der Waals surface area (Å²) in [6.07, 6.45) is 2.83. The Kier molecular flexibility index (Phi) is 4.84. The van der Waals surface area contributed by atoms with Crippen molar-refractivity contribution in [2.24, 2.45) is 0 Å². The minimum Gasteiger partial charge on any atom is -0.478 e. The second-order valence-electron chi connectivity index (χ2n) is 5.35. The highest BCUT2D eigenvalue weighted by atomic mass is 32.1. The molecule has 0 saturated heterocycles. The van der Waals surface area contributed by atoms with Crippen LogP contribution in [0.3, 0.4) is 0 Å². The molecule has 1 aromatic rings. The molecule has 6 nitrogen and oxygen atoms in total. The minimum absolute atomic E-state index is 0.136. The highest BCUT2D eigenvalue weighted by molar-refractivity contribution is 7.16. The van der Waals surface area contributed by atoms with Crippen LogP contribution >= 0.6 is 11.3 Å². The Bertz CT molecular complexity index is 555. The fourth-order valence-corrected chi connectivity index (χ4v) is 3.61. The molecule has 21 heavy (non-hydrogen) atoms. The van der Waals surface area contributed by atoms with Crippen molar-refractivity contribution in [3.63, 3.8) is 0 Å². The van der Waals surface area contributed by atoms with Gasteiger partial charge in [-0.15, -0.1) is 11.3 Å². The predicted octanol–water partition coefficient (Wildman–Crippen LogP) is 2.49. The first-order chi connectivity index (χ1) is 9.90. The highest BCUT2D eigenvalue weighted by Crippen LogP contribution is 2.32. The van der Waals surface area contributed by atoms with Gasteiger partial charge in [-0.25, -0.2) is 9.59 Å². The number of aromatic carboxylic acids is 1. The van der Waals surface area contributed by atoms with Crippen LogP contribution in [0, 0.1) is 13.8 Å².